The van der Waals surface area contributed by atoms with Crippen molar-refractivity contribution >= 4 is 34.0 Å². The second kappa shape index (κ2) is 16.3. The van der Waals surface area contributed by atoms with Crippen LogP contribution < -0.4 is 10.1 Å². The number of carbonyl (C=O) groups is 1. The number of likely N-dealkylation sites (N-methyl/N-ethyl adjacent to an activating group) is 1. The Morgan fingerprint density at radius 2 is 1.60 bits per heavy atom. The number of aromatic nitrogens is 1. The monoisotopic (exact) mass is 492 g/mol. The molecular weight excluding hydrogens is 456 g/mol. The lowest BCUT2D eigenvalue weighted by molar-refractivity contribution is -0.115. The van der Waals surface area contributed by atoms with Crippen LogP contribution in [0.2, 0.25) is 0 Å². The molecule has 1 aromatic heterocycles. The van der Waals surface area contributed by atoms with Crippen LogP contribution in [0.4, 0.5) is 0 Å². The first-order chi connectivity index (χ1) is 17.0. The maximum atomic E-state index is 12.4. The van der Waals surface area contributed by atoms with Gasteiger partial charge < -0.3 is 10.1 Å². The molecule has 35 heavy (non-hydrogen) atoms. The fourth-order valence-electron chi connectivity index (χ4n) is 3.01. The van der Waals surface area contributed by atoms with E-state index in [0.717, 1.165) is 27.7 Å². The number of pyridine rings is 1. The Bertz CT molecular complexity index is 1160. The number of ether oxygens (including phenoxy) is 1. The first-order valence-electron chi connectivity index (χ1n) is 12.0. The van der Waals surface area contributed by atoms with Crippen LogP contribution in [0.15, 0.2) is 89.5 Å². The Kier molecular flexibility index (Phi) is 13.8. The minimum absolute atomic E-state index is 0.159. The van der Waals surface area contributed by atoms with E-state index in [1.165, 1.54) is 0 Å². The van der Waals surface area contributed by atoms with Crippen molar-refractivity contribution in [3.05, 3.63) is 101 Å². The lowest BCUT2D eigenvalue weighted by atomic mass is 10.0. The summed E-state index contributed by atoms with van der Waals surface area (Å²) in [5, 5.41) is 4.47. The highest BCUT2D eigenvalue weighted by Gasteiger charge is 2.11. The van der Waals surface area contributed by atoms with Crippen molar-refractivity contribution in [2.45, 2.75) is 48.1 Å². The molecule has 0 fully saturated rings. The number of fused-ring (bicyclic) bond motifs is 1. The fourth-order valence-corrected chi connectivity index (χ4v) is 3.08. The van der Waals surface area contributed by atoms with E-state index in [2.05, 4.69) is 10.3 Å². The summed E-state index contributed by atoms with van der Waals surface area (Å²) in [5.74, 6) is 0.552. The minimum Gasteiger partial charge on any atom is -0.487 e. The van der Waals surface area contributed by atoms with Gasteiger partial charge in [-0.15, -0.1) is 0 Å². The van der Waals surface area contributed by atoms with Gasteiger partial charge in [-0.3, -0.25) is 4.79 Å². The third-order valence-corrected chi connectivity index (χ3v) is 4.75. The van der Waals surface area contributed by atoms with Crippen molar-refractivity contribution in [1.29, 1.82) is 0 Å². The molecule has 0 aliphatic carbocycles. The van der Waals surface area contributed by atoms with Crippen molar-refractivity contribution in [2.75, 3.05) is 7.05 Å². The molecule has 0 spiro atoms. The average Bonchev–Trinajstić information content (AvgIpc) is 2.91. The van der Waals surface area contributed by atoms with Gasteiger partial charge in [0.2, 0.25) is 0 Å². The number of amides is 1. The summed E-state index contributed by atoms with van der Waals surface area (Å²) in [6.07, 6.45) is 5.51. The topological polar surface area (TPSA) is 51.2 Å². The number of allylic oxidation sites excluding steroid dienone is 5. The number of nitrogens with one attached hydrogen (secondary N) is 1. The largest absolute Gasteiger partial charge is 0.487 e. The van der Waals surface area contributed by atoms with Crippen LogP contribution in [-0.2, 0) is 11.4 Å². The number of nitrogens with zero attached hydrogens (tertiary/aromatic N) is 1. The van der Waals surface area contributed by atoms with Crippen LogP contribution in [-0.4, -0.2) is 17.9 Å². The zero-order valence-corrected chi connectivity index (χ0v) is 22.6. The smallest absolute Gasteiger partial charge is 0.251 e. The van der Waals surface area contributed by atoms with Gasteiger partial charge >= 0.3 is 0 Å². The number of para-hydroxylation sites is 1. The third-order valence-electron chi connectivity index (χ3n) is 4.63. The molecule has 0 aliphatic rings. The first-order valence-corrected chi connectivity index (χ1v) is 12.4. The molecule has 2 aromatic carbocycles. The van der Waals surface area contributed by atoms with Gasteiger partial charge in [-0.1, -0.05) is 87.3 Å². The van der Waals surface area contributed by atoms with Crippen molar-refractivity contribution < 1.29 is 9.53 Å². The predicted molar refractivity (Wildman–Crippen MR) is 151 cm³/mol. The number of halogens is 1. The molecule has 0 saturated heterocycles. The molecule has 0 atom stereocenters. The second-order valence-corrected chi connectivity index (χ2v) is 7.71. The summed E-state index contributed by atoms with van der Waals surface area (Å²) in [6, 6.07) is 19.5. The SMILES string of the molecule is CC.CC.CNC(=O)/C(=C/C(C)=C/C=C(\C)Cl)c1ccc(OCc2ccc3ccccc3n2)cc1. The second-order valence-electron chi connectivity index (χ2n) is 7.11. The zero-order valence-electron chi connectivity index (χ0n) is 21.9. The number of rotatable bonds is 7. The molecule has 3 aromatic rings. The van der Waals surface area contributed by atoms with Crippen molar-refractivity contribution in [3.8, 4) is 5.75 Å². The highest BCUT2D eigenvalue weighted by Crippen LogP contribution is 2.22. The lowest BCUT2D eigenvalue weighted by Crippen LogP contribution is -2.19. The molecule has 186 valence electrons. The highest BCUT2D eigenvalue weighted by molar-refractivity contribution is 6.29. The summed E-state index contributed by atoms with van der Waals surface area (Å²) >= 11 is 5.88. The van der Waals surface area contributed by atoms with E-state index >= 15 is 0 Å². The van der Waals surface area contributed by atoms with Crippen LogP contribution in [0.25, 0.3) is 16.5 Å². The van der Waals surface area contributed by atoms with Crippen molar-refractivity contribution in [3.63, 3.8) is 0 Å². The van der Waals surface area contributed by atoms with E-state index in [-0.39, 0.29) is 5.91 Å². The summed E-state index contributed by atoms with van der Waals surface area (Å²) < 4.78 is 5.89. The minimum atomic E-state index is -0.159. The summed E-state index contributed by atoms with van der Waals surface area (Å²) in [5.41, 5.74) is 4.09. The van der Waals surface area contributed by atoms with Crippen LogP contribution in [0, 0.1) is 0 Å². The van der Waals surface area contributed by atoms with Crippen LogP contribution in [0.5, 0.6) is 5.75 Å². The lowest BCUT2D eigenvalue weighted by Gasteiger charge is -2.10. The molecule has 0 bridgehead atoms. The number of carbonyl (C=O) groups excluding carboxylic acids is 1. The van der Waals surface area contributed by atoms with Crippen LogP contribution in [0.1, 0.15) is 52.8 Å². The first kappa shape index (κ1) is 29.7. The van der Waals surface area contributed by atoms with E-state index in [9.17, 15) is 4.79 Å². The summed E-state index contributed by atoms with van der Waals surface area (Å²) in [6.45, 7) is 12.1. The van der Waals surface area contributed by atoms with Gasteiger partial charge in [0.05, 0.1) is 11.2 Å². The molecule has 5 heteroatoms. The Labute approximate surface area is 215 Å². The highest BCUT2D eigenvalue weighted by atomic mass is 35.5. The summed E-state index contributed by atoms with van der Waals surface area (Å²) in [4.78, 5) is 17.0. The number of hydrogen-bond donors (Lipinski definition) is 1. The maximum absolute atomic E-state index is 12.4. The molecular formula is C30H37ClN2O2. The molecule has 3 rings (SSSR count). The maximum Gasteiger partial charge on any atom is 0.251 e. The van der Waals surface area contributed by atoms with Crippen molar-refractivity contribution in [2.24, 2.45) is 0 Å². The summed E-state index contributed by atoms with van der Waals surface area (Å²) in [7, 11) is 1.62. The molecule has 1 N–H and O–H groups in total. The Hall–Kier alpha value is -3.37. The average molecular weight is 493 g/mol. The van der Waals surface area contributed by atoms with Gasteiger partial charge in [0.15, 0.2) is 0 Å². The molecule has 1 heterocycles. The fraction of sp³-hybridized carbons (Fsp3) is 0.267. The van der Waals surface area contributed by atoms with Gasteiger partial charge in [-0.25, -0.2) is 4.98 Å². The van der Waals surface area contributed by atoms with Crippen molar-refractivity contribution in [1.82, 2.24) is 10.3 Å². The Balaban J connectivity index is 0.00000145. The standard InChI is InChI=1S/C26H25ClN2O2.2C2H6/c1-18(8-9-19(2)27)16-24(26(30)28-3)20-11-14-23(15-12-20)31-17-22-13-10-21-6-4-5-7-25(21)29-22;2*1-2/h4-16H,17H2,1-3H3,(H,28,30);2*1-2H3/b18-8+,19-9+,24-16+;;. The van der Waals surface area contributed by atoms with E-state index in [0.29, 0.717) is 23.0 Å². The normalized spacial score (nSPS) is 11.6. The van der Waals surface area contributed by atoms with Gasteiger partial charge in [0.1, 0.15) is 12.4 Å². The zero-order chi connectivity index (χ0) is 26.2. The van der Waals surface area contributed by atoms with E-state index in [1.54, 1.807) is 20.0 Å². The molecule has 4 nitrogen and oxygen atoms in total. The van der Waals surface area contributed by atoms with E-state index in [4.69, 9.17) is 16.3 Å². The van der Waals surface area contributed by atoms with Gasteiger partial charge in [0, 0.05) is 23.0 Å². The van der Waals surface area contributed by atoms with Gasteiger partial charge in [-0.05, 0) is 55.8 Å². The number of hydrogen-bond acceptors (Lipinski definition) is 3. The van der Waals surface area contributed by atoms with Crippen LogP contribution >= 0.6 is 11.6 Å². The van der Waals surface area contributed by atoms with Crippen LogP contribution in [0.3, 0.4) is 0 Å². The van der Waals surface area contributed by atoms with E-state index < -0.39 is 0 Å². The molecule has 0 aliphatic heterocycles. The molecule has 0 radical (unpaired) electrons. The molecule has 1 amide bonds. The quantitative estimate of drug-likeness (QED) is 0.268. The Morgan fingerprint density at radius 1 is 0.943 bits per heavy atom. The Morgan fingerprint density at radius 3 is 2.23 bits per heavy atom. The predicted octanol–water partition coefficient (Wildman–Crippen LogP) is 8.08. The number of benzene rings is 2. The van der Waals surface area contributed by atoms with Gasteiger partial charge in [0.25, 0.3) is 5.91 Å². The third kappa shape index (κ3) is 9.79. The molecule has 0 unspecified atom stereocenters. The van der Waals surface area contributed by atoms with E-state index in [1.807, 2.05) is 107 Å². The van der Waals surface area contributed by atoms with Gasteiger partial charge in [-0.2, -0.15) is 0 Å². The molecule has 0 saturated carbocycles.